The van der Waals surface area contributed by atoms with Crippen molar-refractivity contribution >= 4 is 5.97 Å². The molecule has 0 fully saturated rings. The molecule has 0 aliphatic heterocycles. The molecule has 1 aromatic heterocycles. The van der Waals surface area contributed by atoms with Gasteiger partial charge in [0.1, 0.15) is 6.07 Å². The maximum atomic E-state index is 10.4. The van der Waals surface area contributed by atoms with Crippen molar-refractivity contribution in [3.63, 3.8) is 0 Å². The number of carboxylic acid groups (broad SMARTS) is 1. The molecule has 5 heteroatoms. The number of rotatable bonds is 3. The number of carboxylic acids is 1. The van der Waals surface area contributed by atoms with Crippen LogP contribution >= 0.6 is 0 Å². The van der Waals surface area contributed by atoms with E-state index >= 15 is 0 Å². The Bertz CT molecular complexity index is 416. The van der Waals surface area contributed by atoms with Crippen LogP contribution in [0.2, 0.25) is 0 Å². The van der Waals surface area contributed by atoms with E-state index in [1.54, 1.807) is 6.07 Å². The number of nitrogens with one attached hydrogen (secondary N) is 1. The predicted octanol–water partition coefficient (Wildman–Crippen LogP) is 2.04. The smallest absolute Gasteiger partial charge is 0.338 e. The lowest BCUT2D eigenvalue weighted by Crippen LogP contribution is -2.29. The lowest BCUT2D eigenvalue weighted by atomic mass is 10.2. The zero-order valence-electron chi connectivity index (χ0n) is 11.1. The minimum Gasteiger partial charge on any atom is -0.478 e. The van der Waals surface area contributed by atoms with Gasteiger partial charge in [0, 0.05) is 18.3 Å². The molecule has 0 bridgehead atoms. The van der Waals surface area contributed by atoms with Gasteiger partial charge in [-0.15, -0.1) is 0 Å². The summed E-state index contributed by atoms with van der Waals surface area (Å²) >= 11 is 0. The van der Waals surface area contributed by atoms with Gasteiger partial charge in [-0.3, -0.25) is 0 Å². The molecule has 0 aliphatic rings. The summed E-state index contributed by atoms with van der Waals surface area (Å²) in [4.78, 5) is 14.0. The highest BCUT2D eigenvalue weighted by Gasteiger charge is 2.08. The van der Waals surface area contributed by atoms with Gasteiger partial charge in [-0.2, -0.15) is 5.26 Å². The van der Waals surface area contributed by atoms with Gasteiger partial charge >= 0.3 is 5.97 Å². The molecule has 0 aliphatic carbocycles. The Balaban J connectivity index is 0.000000360. The average molecular weight is 249 g/mol. The Labute approximate surface area is 107 Å². The second-order valence-electron chi connectivity index (χ2n) is 4.29. The highest BCUT2D eigenvalue weighted by molar-refractivity contribution is 5.89. The molecule has 5 nitrogen and oxygen atoms in total. The van der Waals surface area contributed by atoms with Gasteiger partial charge in [-0.1, -0.05) is 27.7 Å². The summed E-state index contributed by atoms with van der Waals surface area (Å²) < 4.78 is 0. The minimum absolute atomic E-state index is 0.0556. The third kappa shape index (κ3) is 6.61. The molecule has 1 aromatic rings. The van der Waals surface area contributed by atoms with Crippen molar-refractivity contribution in [2.45, 2.75) is 39.8 Å². The molecular weight excluding hydrogens is 230 g/mol. The number of aromatic carboxylic acids is 1. The summed E-state index contributed by atoms with van der Waals surface area (Å²) in [7, 11) is 0. The fraction of sp³-hybridized carbons (Fsp3) is 0.462. The van der Waals surface area contributed by atoms with Gasteiger partial charge in [0.25, 0.3) is 0 Å². The Kier molecular flexibility index (Phi) is 7.32. The topological polar surface area (TPSA) is 86.0 Å². The van der Waals surface area contributed by atoms with Crippen LogP contribution in [0.3, 0.4) is 0 Å². The van der Waals surface area contributed by atoms with Crippen LogP contribution in [0.4, 0.5) is 0 Å². The molecule has 1 heterocycles. The van der Waals surface area contributed by atoms with E-state index in [9.17, 15) is 4.79 Å². The van der Waals surface area contributed by atoms with Crippen LogP contribution in [0.5, 0.6) is 0 Å². The molecule has 0 saturated heterocycles. The summed E-state index contributed by atoms with van der Waals surface area (Å²) in [5.41, 5.74) is -0.116. The van der Waals surface area contributed by atoms with Crippen molar-refractivity contribution in [1.82, 2.24) is 10.3 Å². The van der Waals surface area contributed by atoms with Crippen molar-refractivity contribution in [1.29, 1.82) is 5.26 Å². The molecule has 0 spiro atoms. The molecule has 0 radical (unpaired) electrons. The molecule has 0 atom stereocenters. The summed E-state index contributed by atoms with van der Waals surface area (Å²) in [6, 6.07) is 5.75. The average Bonchev–Trinajstić information content (AvgIpc) is 2.27. The second-order valence-corrected chi connectivity index (χ2v) is 4.29. The zero-order chi connectivity index (χ0) is 14.1. The molecule has 0 unspecified atom stereocenters. The molecular formula is C13H19N3O2. The third-order valence-corrected chi connectivity index (χ3v) is 1.81. The summed E-state index contributed by atoms with van der Waals surface area (Å²) in [5.74, 6) is -1.13. The molecule has 0 amide bonds. The van der Waals surface area contributed by atoms with E-state index in [0.717, 1.165) is 0 Å². The number of pyridine rings is 1. The molecule has 1 rings (SSSR count). The minimum atomic E-state index is -1.13. The van der Waals surface area contributed by atoms with E-state index in [0.29, 0.717) is 12.1 Å². The number of hydrogen-bond donors (Lipinski definition) is 2. The van der Waals surface area contributed by atoms with E-state index in [-0.39, 0.29) is 11.3 Å². The van der Waals surface area contributed by atoms with Crippen molar-refractivity contribution in [2.75, 3.05) is 0 Å². The van der Waals surface area contributed by atoms with E-state index in [1.807, 2.05) is 0 Å². The highest BCUT2D eigenvalue weighted by Crippen LogP contribution is 2.02. The second kappa shape index (κ2) is 8.20. The van der Waals surface area contributed by atoms with E-state index < -0.39 is 5.97 Å². The first-order valence-corrected chi connectivity index (χ1v) is 5.73. The van der Waals surface area contributed by atoms with Crippen LogP contribution < -0.4 is 5.32 Å². The van der Waals surface area contributed by atoms with Gasteiger partial charge in [-0.05, 0) is 12.1 Å². The van der Waals surface area contributed by atoms with Crippen molar-refractivity contribution in [3.8, 4) is 6.07 Å². The van der Waals surface area contributed by atoms with Gasteiger partial charge < -0.3 is 10.4 Å². The van der Waals surface area contributed by atoms with Crippen LogP contribution in [-0.2, 0) is 0 Å². The van der Waals surface area contributed by atoms with Crippen LogP contribution in [0, 0.1) is 11.3 Å². The molecule has 0 saturated carbocycles. The standard InChI is InChI=1S/C7H4N2O2.C6H15N/c8-4-6-5(7(10)11)2-1-3-9-6;1-5(2)7-6(3)4/h1-3H,(H,10,11);5-7H,1-4H3. The molecule has 2 N–H and O–H groups in total. The first-order chi connectivity index (χ1) is 8.38. The number of nitriles is 1. The quantitative estimate of drug-likeness (QED) is 0.856. The van der Waals surface area contributed by atoms with Crippen LogP contribution in [-0.4, -0.2) is 28.1 Å². The first-order valence-electron chi connectivity index (χ1n) is 5.73. The lowest BCUT2D eigenvalue weighted by Gasteiger charge is -2.10. The highest BCUT2D eigenvalue weighted by atomic mass is 16.4. The Morgan fingerprint density at radius 2 is 1.94 bits per heavy atom. The summed E-state index contributed by atoms with van der Waals surface area (Å²) in [6.07, 6.45) is 1.38. The number of nitrogens with zero attached hydrogens (tertiary/aromatic N) is 2. The van der Waals surface area contributed by atoms with Crippen LogP contribution in [0.25, 0.3) is 0 Å². The van der Waals surface area contributed by atoms with Gasteiger partial charge in [-0.25, -0.2) is 9.78 Å². The number of hydrogen-bond acceptors (Lipinski definition) is 4. The fourth-order valence-corrected chi connectivity index (χ4v) is 1.33. The number of carbonyl (C=O) groups is 1. The maximum absolute atomic E-state index is 10.4. The SMILES string of the molecule is CC(C)NC(C)C.N#Cc1ncccc1C(=O)O. The Hall–Kier alpha value is -1.93. The largest absolute Gasteiger partial charge is 0.478 e. The Morgan fingerprint density at radius 1 is 1.39 bits per heavy atom. The van der Waals surface area contributed by atoms with Crippen molar-refractivity contribution in [3.05, 3.63) is 29.6 Å². The number of aromatic nitrogens is 1. The normalized spacial score (nSPS) is 9.61. The first kappa shape index (κ1) is 16.1. The van der Waals surface area contributed by atoms with Crippen LogP contribution in [0.15, 0.2) is 18.3 Å². The lowest BCUT2D eigenvalue weighted by molar-refractivity contribution is 0.0696. The van der Waals surface area contributed by atoms with Gasteiger partial charge in [0.2, 0.25) is 0 Å². The molecule has 98 valence electrons. The van der Waals surface area contributed by atoms with Gasteiger partial charge in [0.05, 0.1) is 5.56 Å². The predicted molar refractivity (Wildman–Crippen MR) is 69.3 cm³/mol. The monoisotopic (exact) mass is 249 g/mol. The molecule has 0 aromatic carbocycles. The Morgan fingerprint density at radius 3 is 2.22 bits per heavy atom. The summed E-state index contributed by atoms with van der Waals surface area (Å²) in [6.45, 7) is 8.61. The van der Waals surface area contributed by atoms with E-state index in [2.05, 4.69) is 38.0 Å². The van der Waals surface area contributed by atoms with E-state index in [4.69, 9.17) is 10.4 Å². The fourth-order valence-electron chi connectivity index (χ4n) is 1.33. The van der Waals surface area contributed by atoms with Crippen LogP contribution in [0.1, 0.15) is 43.7 Å². The van der Waals surface area contributed by atoms with Crippen molar-refractivity contribution < 1.29 is 9.90 Å². The maximum Gasteiger partial charge on any atom is 0.338 e. The van der Waals surface area contributed by atoms with E-state index in [1.165, 1.54) is 18.3 Å². The molecule has 18 heavy (non-hydrogen) atoms. The zero-order valence-corrected chi connectivity index (χ0v) is 11.1. The summed E-state index contributed by atoms with van der Waals surface area (Å²) in [5, 5.41) is 20.2. The van der Waals surface area contributed by atoms with Gasteiger partial charge in [0.15, 0.2) is 5.69 Å². The third-order valence-electron chi connectivity index (χ3n) is 1.81. The van der Waals surface area contributed by atoms with Crippen molar-refractivity contribution in [2.24, 2.45) is 0 Å².